The Balaban J connectivity index is 1.51. The minimum Gasteiger partial charge on any atom is -0.382 e. The average Bonchev–Trinajstić information content (AvgIpc) is 3.45. The summed E-state index contributed by atoms with van der Waals surface area (Å²) in [4.78, 5) is 27.5. The lowest BCUT2D eigenvalue weighted by atomic mass is 10.1. The number of fused-ring (bicyclic) bond motifs is 1. The molecule has 4 heterocycles. The Bertz CT molecular complexity index is 1320. The Hall–Kier alpha value is -4.45. The van der Waals surface area contributed by atoms with Gasteiger partial charge in [-0.2, -0.15) is 5.26 Å². The molecule has 4 aromatic rings. The lowest BCUT2D eigenvalue weighted by molar-refractivity contribution is 0.102. The van der Waals surface area contributed by atoms with Crippen LogP contribution in [-0.4, -0.2) is 36.7 Å². The summed E-state index contributed by atoms with van der Waals surface area (Å²) in [7, 11) is 0. The molecule has 0 saturated carbocycles. The summed E-state index contributed by atoms with van der Waals surface area (Å²) >= 11 is 0. The summed E-state index contributed by atoms with van der Waals surface area (Å²) < 4.78 is 1.92. The summed E-state index contributed by atoms with van der Waals surface area (Å²) in [6.45, 7) is 0.714. The van der Waals surface area contributed by atoms with Crippen LogP contribution >= 0.6 is 0 Å². The molecule has 1 amide bonds. The topological polar surface area (TPSA) is 125 Å². The molecule has 9 heteroatoms. The van der Waals surface area contributed by atoms with Crippen LogP contribution in [-0.2, 0) is 0 Å². The van der Waals surface area contributed by atoms with Crippen molar-refractivity contribution >= 4 is 23.1 Å². The monoisotopic (exact) mass is 424 g/mol. The molecule has 1 fully saturated rings. The zero-order valence-electron chi connectivity index (χ0n) is 17.1. The number of amides is 1. The van der Waals surface area contributed by atoms with Crippen LogP contribution in [0.4, 0.5) is 11.6 Å². The van der Waals surface area contributed by atoms with Crippen LogP contribution in [0, 0.1) is 11.5 Å². The molecule has 1 aliphatic heterocycles. The molecule has 1 aromatic carbocycles. The normalized spacial score (nSPS) is 15.6. The van der Waals surface area contributed by atoms with Gasteiger partial charge in [0.2, 0.25) is 0 Å². The van der Waals surface area contributed by atoms with E-state index in [2.05, 4.69) is 21.5 Å². The highest BCUT2D eigenvalue weighted by Crippen LogP contribution is 2.35. The SMILES string of the molecule is N#CN1CCC[C@H]1c1nc(-c2ccc(C(=O)Nc3ccccn3)cc2)c2c(N)nccn12. The maximum absolute atomic E-state index is 12.5. The second kappa shape index (κ2) is 8.00. The summed E-state index contributed by atoms with van der Waals surface area (Å²) in [6, 6.07) is 12.4. The van der Waals surface area contributed by atoms with Gasteiger partial charge < -0.3 is 11.1 Å². The summed E-state index contributed by atoms with van der Waals surface area (Å²) in [5, 5.41) is 12.3. The predicted molar refractivity (Wildman–Crippen MR) is 119 cm³/mol. The molecule has 9 nitrogen and oxygen atoms in total. The standard InChI is InChI=1S/C23H20N8O/c24-14-30-12-3-4-17(30)22-29-19(20-21(25)27-11-13-31(20)22)15-6-8-16(9-7-15)23(32)28-18-5-1-2-10-26-18/h1-2,5-11,13,17H,3-4,12H2,(H2,25,27)(H,26,28,32)/t17-/m0/s1. The number of carbonyl (C=O) groups excluding carboxylic acids is 1. The minimum atomic E-state index is -0.248. The van der Waals surface area contributed by atoms with E-state index in [1.54, 1.807) is 41.6 Å². The number of nitrogen functional groups attached to an aromatic ring is 1. The van der Waals surface area contributed by atoms with Crippen LogP contribution < -0.4 is 11.1 Å². The maximum Gasteiger partial charge on any atom is 0.256 e. The number of imidazole rings is 1. The molecule has 0 aliphatic carbocycles. The fraction of sp³-hybridized carbons (Fsp3) is 0.174. The van der Waals surface area contributed by atoms with Gasteiger partial charge in [-0.15, -0.1) is 0 Å². The van der Waals surface area contributed by atoms with E-state index in [0.29, 0.717) is 35.0 Å². The zero-order valence-corrected chi connectivity index (χ0v) is 17.1. The number of anilines is 2. The average molecular weight is 424 g/mol. The van der Waals surface area contributed by atoms with Gasteiger partial charge in [-0.25, -0.2) is 15.0 Å². The van der Waals surface area contributed by atoms with E-state index < -0.39 is 0 Å². The first-order valence-corrected chi connectivity index (χ1v) is 10.3. The lowest BCUT2D eigenvalue weighted by Crippen LogP contribution is -2.19. The van der Waals surface area contributed by atoms with Gasteiger partial charge in [-0.05, 0) is 37.1 Å². The van der Waals surface area contributed by atoms with Gasteiger partial charge in [0.05, 0.1) is 6.04 Å². The molecule has 0 unspecified atom stereocenters. The van der Waals surface area contributed by atoms with Crippen LogP contribution in [0.5, 0.6) is 0 Å². The highest BCUT2D eigenvalue weighted by atomic mass is 16.1. The molecule has 5 rings (SSSR count). The van der Waals surface area contributed by atoms with Crippen molar-refractivity contribution in [3.8, 4) is 17.5 Å². The van der Waals surface area contributed by atoms with Crippen molar-refractivity contribution in [2.45, 2.75) is 18.9 Å². The molecule has 0 radical (unpaired) electrons. The third-order valence-electron chi connectivity index (χ3n) is 5.62. The van der Waals surface area contributed by atoms with Crippen molar-refractivity contribution in [3.05, 3.63) is 72.4 Å². The van der Waals surface area contributed by atoms with E-state index in [-0.39, 0.29) is 11.9 Å². The Morgan fingerprint density at radius 1 is 1.16 bits per heavy atom. The van der Waals surface area contributed by atoms with Gasteiger partial charge in [-0.3, -0.25) is 14.1 Å². The zero-order chi connectivity index (χ0) is 22.1. The number of hydrogen-bond acceptors (Lipinski definition) is 7. The van der Waals surface area contributed by atoms with Crippen LogP contribution in [0.15, 0.2) is 61.1 Å². The number of hydrogen-bond donors (Lipinski definition) is 2. The second-order valence-electron chi connectivity index (χ2n) is 7.55. The first kappa shape index (κ1) is 19.5. The molecule has 3 aromatic heterocycles. The molecule has 3 N–H and O–H groups in total. The summed E-state index contributed by atoms with van der Waals surface area (Å²) in [6.07, 6.45) is 9.12. The number of nitrogens with zero attached hydrogens (tertiary/aromatic N) is 6. The van der Waals surface area contributed by atoms with Crippen molar-refractivity contribution in [2.24, 2.45) is 0 Å². The number of rotatable bonds is 4. The largest absolute Gasteiger partial charge is 0.382 e. The molecule has 32 heavy (non-hydrogen) atoms. The number of carbonyl (C=O) groups is 1. The van der Waals surface area contributed by atoms with E-state index in [0.717, 1.165) is 24.2 Å². The number of nitrogens with two attached hydrogens (primary N) is 1. The molecule has 0 bridgehead atoms. The van der Waals surface area contributed by atoms with Crippen molar-refractivity contribution in [2.75, 3.05) is 17.6 Å². The van der Waals surface area contributed by atoms with E-state index >= 15 is 0 Å². The van der Waals surface area contributed by atoms with Crippen LogP contribution in [0.3, 0.4) is 0 Å². The second-order valence-corrected chi connectivity index (χ2v) is 7.55. The lowest BCUT2D eigenvalue weighted by Gasteiger charge is -2.16. The molecular weight excluding hydrogens is 404 g/mol. The van der Waals surface area contributed by atoms with Crippen LogP contribution in [0.1, 0.15) is 35.1 Å². The fourth-order valence-electron chi connectivity index (χ4n) is 4.08. The minimum absolute atomic E-state index is 0.105. The Morgan fingerprint density at radius 2 is 2.00 bits per heavy atom. The molecule has 1 atom stereocenters. The number of nitriles is 1. The summed E-state index contributed by atoms with van der Waals surface area (Å²) in [5.41, 5.74) is 8.89. The van der Waals surface area contributed by atoms with Crippen LogP contribution in [0.2, 0.25) is 0 Å². The van der Waals surface area contributed by atoms with Crippen molar-refractivity contribution in [3.63, 3.8) is 0 Å². The molecule has 158 valence electrons. The van der Waals surface area contributed by atoms with Crippen molar-refractivity contribution < 1.29 is 4.79 Å². The number of likely N-dealkylation sites (tertiary alicyclic amines) is 1. The third kappa shape index (κ3) is 3.37. The Labute approximate surface area is 184 Å². The molecule has 1 saturated heterocycles. The van der Waals surface area contributed by atoms with Gasteiger partial charge in [0.1, 0.15) is 28.7 Å². The van der Waals surface area contributed by atoms with Gasteiger partial charge in [0, 0.05) is 36.3 Å². The molecular formula is C23H20N8O. The highest BCUT2D eigenvalue weighted by molar-refractivity contribution is 6.04. The highest BCUT2D eigenvalue weighted by Gasteiger charge is 2.30. The van der Waals surface area contributed by atoms with Gasteiger partial charge in [0.25, 0.3) is 5.91 Å². The van der Waals surface area contributed by atoms with E-state index in [1.165, 1.54) is 0 Å². The van der Waals surface area contributed by atoms with Gasteiger partial charge in [0.15, 0.2) is 6.19 Å². The first-order valence-electron chi connectivity index (χ1n) is 10.3. The maximum atomic E-state index is 12.5. The Kier molecular flexibility index (Phi) is 4.88. The van der Waals surface area contributed by atoms with Gasteiger partial charge >= 0.3 is 0 Å². The quantitative estimate of drug-likeness (QED) is 0.482. The smallest absolute Gasteiger partial charge is 0.256 e. The predicted octanol–water partition coefficient (Wildman–Crippen LogP) is 3.24. The molecule has 0 spiro atoms. The van der Waals surface area contributed by atoms with E-state index in [4.69, 9.17) is 10.7 Å². The summed E-state index contributed by atoms with van der Waals surface area (Å²) in [5.74, 6) is 1.37. The van der Waals surface area contributed by atoms with Crippen LogP contribution in [0.25, 0.3) is 16.8 Å². The number of aromatic nitrogens is 4. The first-order chi connectivity index (χ1) is 15.7. The number of pyridine rings is 1. The van der Waals surface area contributed by atoms with Crippen molar-refractivity contribution in [1.82, 2.24) is 24.3 Å². The number of nitrogens with one attached hydrogen (secondary N) is 1. The number of benzene rings is 1. The molecule has 1 aliphatic rings. The van der Waals surface area contributed by atoms with Crippen molar-refractivity contribution in [1.29, 1.82) is 5.26 Å². The fourth-order valence-corrected chi connectivity index (χ4v) is 4.08. The van der Waals surface area contributed by atoms with Gasteiger partial charge in [-0.1, -0.05) is 18.2 Å². The third-order valence-corrected chi connectivity index (χ3v) is 5.62. The Morgan fingerprint density at radius 3 is 2.75 bits per heavy atom. The van der Waals surface area contributed by atoms with E-state index in [1.807, 2.05) is 28.8 Å². The van der Waals surface area contributed by atoms with E-state index in [9.17, 15) is 10.1 Å².